The Hall–Kier alpha value is -1.87. The molecule has 150 valence electrons. The minimum atomic E-state index is 0. The lowest BCUT2D eigenvalue weighted by molar-refractivity contribution is 0.681. The number of benzene rings is 1. The standard InChI is InChI=1S/C21H27N5S.HI/c1-17(19-9-6-14-27-19)15-25-21(22-2)24-11-10-20-23-12-13-26(20)16-18-7-4-3-5-8-18;/h3-9,12-14,17H,10-11,15-16H2,1-2H3,(H2,22,24,25);1H. The van der Waals surface area contributed by atoms with Crippen LogP contribution in [0.1, 0.15) is 29.1 Å². The van der Waals surface area contributed by atoms with E-state index in [2.05, 4.69) is 73.9 Å². The molecule has 1 unspecified atom stereocenters. The summed E-state index contributed by atoms with van der Waals surface area (Å²) in [5.74, 6) is 2.38. The lowest BCUT2D eigenvalue weighted by atomic mass is 10.1. The van der Waals surface area contributed by atoms with Crippen LogP contribution in [0.25, 0.3) is 0 Å². The highest BCUT2D eigenvalue weighted by atomic mass is 127. The van der Waals surface area contributed by atoms with Gasteiger partial charge in [-0.1, -0.05) is 43.3 Å². The van der Waals surface area contributed by atoms with E-state index >= 15 is 0 Å². The van der Waals surface area contributed by atoms with Crippen molar-refractivity contribution in [3.05, 3.63) is 76.5 Å². The predicted molar refractivity (Wildman–Crippen MR) is 129 cm³/mol. The zero-order valence-electron chi connectivity index (χ0n) is 16.3. The Morgan fingerprint density at radius 1 is 1.18 bits per heavy atom. The largest absolute Gasteiger partial charge is 0.356 e. The Labute approximate surface area is 188 Å². The zero-order valence-corrected chi connectivity index (χ0v) is 19.5. The van der Waals surface area contributed by atoms with E-state index in [0.717, 1.165) is 37.8 Å². The Morgan fingerprint density at radius 3 is 2.71 bits per heavy atom. The summed E-state index contributed by atoms with van der Waals surface area (Å²) < 4.78 is 2.20. The number of nitrogens with zero attached hydrogens (tertiary/aromatic N) is 3. The molecule has 0 bridgehead atoms. The Bertz CT molecular complexity index is 830. The minimum absolute atomic E-state index is 0. The third kappa shape index (κ3) is 6.63. The number of nitrogens with one attached hydrogen (secondary N) is 2. The van der Waals surface area contributed by atoms with Crippen LogP contribution in [0.5, 0.6) is 0 Å². The topological polar surface area (TPSA) is 54.2 Å². The van der Waals surface area contributed by atoms with Crippen LogP contribution >= 0.6 is 35.3 Å². The molecule has 0 radical (unpaired) electrons. The van der Waals surface area contributed by atoms with Crippen LogP contribution in [0.15, 0.2) is 65.2 Å². The number of halogens is 1. The van der Waals surface area contributed by atoms with Crippen molar-refractivity contribution >= 4 is 41.3 Å². The number of imidazole rings is 1. The minimum Gasteiger partial charge on any atom is -0.356 e. The normalized spacial score (nSPS) is 12.3. The summed E-state index contributed by atoms with van der Waals surface area (Å²) in [5, 5.41) is 8.92. The first-order valence-electron chi connectivity index (χ1n) is 9.28. The van der Waals surface area contributed by atoms with Gasteiger partial charge in [-0.25, -0.2) is 4.98 Å². The number of rotatable bonds is 8. The fourth-order valence-corrected chi connectivity index (χ4v) is 3.71. The summed E-state index contributed by atoms with van der Waals surface area (Å²) in [7, 11) is 1.81. The fraction of sp³-hybridized carbons (Fsp3) is 0.333. The van der Waals surface area contributed by atoms with Crippen LogP contribution < -0.4 is 10.6 Å². The molecule has 0 aliphatic heterocycles. The van der Waals surface area contributed by atoms with E-state index in [9.17, 15) is 0 Å². The summed E-state index contributed by atoms with van der Waals surface area (Å²) in [6.45, 7) is 4.73. The molecular weight excluding hydrogens is 481 g/mol. The molecule has 0 aliphatic carbocycles. The Kier molecular flexibility index (Phi) is 9.49. The smallest absolute Gasteiger partial charge is 0.191 e. The molecule has 5 nitrogen and oxygen atoms in total. The zero-order chi connectivity index (χ0) is 18.9. The van der Waals surface area contributed by atoms with E-state index in [1.807, 2.05) is 25.5 Å². The fourth-order valence-electron chi connectivity index (χ4n) is 2.93. The SMILES string of the molecule is CN=C(NCCc1nccn1Cc1ccccc1)NCC(C)c1cccs1.I. The van der Waals surface area contributed by atoms with Crippen molar-refractivity contribution in [3.8, 4) is 0 Å². The number of thiophene rings is 1. The Morgan fingerprint density at radius 2 is 2.00 bits per heavy atom. The van der Waals surface area contributed by atoms with Gasteiger partial charge in [0.05, 0.1) is 0 Å². The molecule has 2 aromatic heterocycles. The van der Waals surface area contributed by atoms with Gasteiger partial charge in [-0.15, -0.1) is 35.3 Å². The number of hydrogen-bond donors (Lipinski definition) is 2. The first-order valence-corrected chi connectivity index (χ1v) is 10.2. The maximum absolute atomic E-state index is 4.51. The number of guanidine groups is 1. The van der Waals surface area contributed by atoms with Gasteiger partial charge < -0.3 is 15.2 Å². The van der Waals surface area contributed by atoms with E-state index in [1.54, 1.807) is 11.3 Å². The molecule has 0 saturated heterocycles. The van der Waals surface area contributed by atoms with Crippen molar-refractivity contribution in [2.75, 3.05) is 20.1 Å². The van der Waals surface area contributed by atoms with Gasteiger partial charge in [0.15, 0.2) is 5.96 Å². The van der Waals surface area contributed by atoms with Gasteiger partial charge in [-0.3, -0.25) is 4.99 Å². The highest BCUT2D eigenvalue weighted by Crippen LogP contribution is 2.19. The van der Waals surface area contributed by atoms with Gasteiger partial charge in [0.1, 0.15) is 5.82 Å². The van der Waals surface area contributed by atoms with Crippen molar-refractivity contribution < 1.29 is 0 Å². The molecule has 1 aromatic carbocycles. The molecule has 2 heterocycles. The molecule has 3 aromatic rings. The van der Waals surface area contributed by atoms with Crippen molar-refractivity contribution in [2.24, 2.45) is 4.99 Å². The second kappa shape index (κ2) is 11.9. The van der Waals surface area contributed by atoms with Crippen molar-refractivity contribution in [3.63, 3.8) is 0 Å². The van der Waals surface area contributed by atoms with Crippen LogP contribution in [-0.4, -0.2) is 35.6 Å². The molecule has 1 atom stereocenters. The maximum atomic E-state index is 4.51. The molecule has 2 N–H and O–H groups in total. The molecule has 0 amide bonds. The summed E-state index contributed by atoms with van der Waals surface area (Å²) in [5.41, 5.74) is 1.28. The van der Waals surface area contributed by atoms with Gasteiger partial charge in [0, 0.05) is 56.3 Å². The molecule has 7 heteroatoms. The average Bonchev–Trinajstić information content (AvgIpc) is 3.37. The van der Waals surface area contributed by atoms with Gasteiger partial charge in [0.25, 0.3) is 0 Å². The molecular formula is C21H28IN5S. The number of hydrogen-bond acceptors (Lipinski definition) is 3. The molecule has 0 spiro atoms. The predicted octanol–water partition coefficient (Wildman–Crippen LogP) is 4.12. The van der Waals surface area contributed by atoms with E-state index in [0.29, 0.717) is 5.92 Å². The first kappa shape index (κ1) is 22.4. The summed E-state index contributed by atoms with van der Waals surface area (Å²) >= 11 is 1.80. The first-order chi connectivity index (χ1) is 13.3. The van der Waals surface area contributed by atoms with Gasteiger partial charge in [0.2, 0.25) is 0 Å². The summed E-state index contributed by atoms with van der Waals surface area (Å²) in [4.78, 5) is 10.2. The molecule has 0 fully saturated rings. The lowest BCUT2D eigenvalue weighted by Gasteiger charge is -2.15. The summed E-state index contributed by atoms with van der Waals surface area (Å²) in [6.07, 6.45) is 4.76. The van der Waals surface area contributed by atoms with Crippen molar-refractivity contribution in [1.29, 1.82) is 0 Å². The maximum Gasteiger partial charge on any atom is 0.191 e. The van der Waals surface area contributed by atoms with Crippen LogP contribution in [0, 0.1) is 0 Å². The summed E-state index contributed by atoms with van der Waals surface area (Å²) in [6, 6.07) is 14.7. The van der Waals surface area contributed by atoms with Crippen LogP contribution in [0.2, 0.25) is 0 Å². The molecule has 0 aliphatic rings. The highest BCUT2D eigenvalue weighted by molar-refractivity contribution is 14.0. The molecule has 28 heavy (non-hydrogen) atoms. The van der Waals surface area contributed by atoms with Gasteiger partial charge >= 0.3 is 0 Å². The Balaban J connectivity index is 0.00000280. The van der Waals surface area contributed by atoms with E-state index in [1.165, 1.54) is 10.4 Å². The molecule has 3 rings (SSSR count). The monoisotopic (exact) mass is 509 g/mol. The number of aliphatic imine (C=N–C) groups is 1. The second-order valence-electron chi connectivity index (χ2n) is 6.50. The third-order valence-electron chi connectivity index (χ3n) is 4.47. The van der Waals surface area contributed by atoms with E-state index in [4.69, 9.17) is 0 Å². The lowest BCUT2D eigenvalue weighted by Crippen LogP contribution is -2.40. The quantitative estimate of drug-likeness (QED) is 0.273. The number of aromatic nitrogens is 2. The third-order valence-corrected chi connectivity index (χ3v) is 5.57. The van der Waals surface area contributed by atoms with Crippen molar-refractivity contribution in [2.45, 2.75) is 25.8 Å². The second-order valence-corrected chi connectivity index (χ2v) is 7.48. The van der Waals surface area contributed by atoms with Crippen LogP contribution in [-0.2, 0) is 13.0 Å². The van der Waals surface area contributed by atoms with Crippen molar-refractivity contribution in [1.82, 2.24) is 20.2 Å². The van der Waals surface area contributed by atoms with Crippen LogP contribution in [0.4, 0.5) is 0 Å². The van der Waals surface area contributed by atoms with Gasteiger partial charge in [-0.05, 0) is 17.0 Å². The molecule has 0 saturated carbocycles. The highest BCUT2D eigenvalue weighted by Gasteiger charge is 2.08. The average molecular weight is 509 g/mol. The van der Waals surface area contributed by atoms with E-state index < -0.39 is 0 Å². The van der Waals surface area contributed by atoms with E-state index in [-0.39, 0.29) is 24.0 Å². The van der Waals surface area contributed by atoms with Gasteiger partial charge in [-0.2, -0.15) is 0 Å². The van der Waals surface area contributed by atoms with Crippen LogP contribution in [0.3, 0.4) is 0 Å².